The fourth-order valence-electron chi connectivity index (χ4n) is 5.54. The maximum Gasteiger partial charge on any atom is 0.267 e. The summed E-state index contributed by atoms with van der Waals surface area (Å²) >= 11 is 0. The number of benzene rings is 1. The molecule has 168 valence electrons. The van der Waals surface area contributed by atoms with Crippen molar-refractivity contribution in [3.8, 4) is 17.0 Å². The first kappa shape index (κ1) is 20.7. The van der Waals surface area contributed by atoms with Crippen LogP contribution in [-0.4, -0.2) is 64.2 Å². The lowest BCUT2D eigenvalue weighted by molar-refractivity contribution is -0.149. The number of nitrogens with zero attached hydrogens (tertiary/aromatic N) is 4. The number of hydrogen-bond acceptors (Lipinski definition) is 5. The Kier molecular flexibility index (Phi) is 5.45. The van der Waals surface area contributed by atoms with E-state index in [1.807, 2.05) is 29.2 Å². The average Bonchev–Trinajstić information content (AvgIpc) is 2.81. The third-order valence-electron chi connectivity index (χ3n) is 7.05. The molecule has 2 bridgehead atoms. The number of hydrogen-bond donors (Lipinski definition) is 0. The molecular formula is C24H28N4O4. The Morgan fingerprint density at radius 2 is 2.03 bits per heavy atom. The maximum atomic E-state index is 13.1. The molecule has 8 heteroatoms. The van der Waals surface area contributed by atoms with Gasteiger partial charge >= 0.3 is 0 Å². The Hall–Kier alpha value is -3.16. The predicted molar refractivity (Wildman–Crippen MR) is 118 cm³/mol. The zero-order chi connectivity index (χ0) is 22.2. The molecule has 3 aliphatic heterocycles. The van der Waals surface area contributed by atoms with Gasteiger partial charge in [0.05, 0.1) is 12.8 Å². The highest BCUT2D eigenvalue weighted by atomic mass is 16.5. The molecule has 2 amide bonds. The zero-order valence-electron chi connectivity index (χ0n) is 18.3. The number of fused-ring (bicyclic) bond motifs is 4. The fraction of sp³-hybridized carbons (Fsp3) is 0.500. The second-order valence-electron chi connectivity index (χ2n) is 9.11. The maximum absolute atomic E-state index is 13.1. The number of carbonyl (C=O) groups is 2. The van der Waals surface area contributed by atoms with Crippen LogP contribution in [0.25, 0.3) is 11.3 Å². The normalized spacial score (nSPS) is 24.8. The summed E-state index contributed by atoms with van der Waals surface area (Å²) < 4.78 is 6.52. The smallest absolute Gasteiger partial charge is 0.267 e. The molecule has 0 saturated carbocycles. The van der Waals surface area contributed by atoms with Gasteiger partial charge in [0, 0.05) is 43.7 Å². The lowest BCUT2D eigenvalue weighted by Gasteiger charge is -2.52. The van der Waals surface area contributed by atoms with E-state index in [1.165, 1.54) is 10.7 Å². The van der Waals surface area contributed by atoms with E-state index in [2.05, 4.69) is 10.00 Å². The van der Waals surface area contributed by atoms with Crippen LogP contribution in [0, 0.1) is 11.8 Å². The van der Waals surface area contributed by atoms with Gasteiger partial charge in [-0.1, -0.05) is 12.1 Å². The van der Waals surface area contributed by atoms with Crippen LogP contribution >= 0.6 is 0 Å². The molecule has 4 heterocycles. The van der Waals surface area contributed by atoms with Crippen LogP contribution < -0.4 is 10.3 Å². The lowest BCUT2D eigenvalue weighted by Crippen LogP contribution is -2.61. The van der Waals surface area contributed by atoms with Gasteiger partial charge in [0.15, 0.2) is 0 Å². The van der Waals surface area contributed by atoms with E-state index >= 15 is 0 Å². The average molecular weight is 437 g/mol. The summed E-state index contributed by atoms with van der Waals surface area (Å²) in [6.45, 7) is 1.95. The standard InChI is InChI=1S/C24H28N4O4/c1-32-19-5-2-4-17(11-19)20-8-9-23(30)28(25-20)15-24(31)26-12-16-10-18(14-26)21-6-3-7-22(29)27(21)13-16/h2,4-5,8-9,11,16,18,21H,3,6-7,10,12-15H2,1H3/t16-,18-,21?/m0/s1. The van der Waals surface area contributed by atoms with E-state index in [-0.39, 0.29) is 30.0 Å². The van der Waals surface area contributed by atoms with Crippen molar-refractivity contribution in [2.24, 2.45) is 11.8 Å². The van der Waals surface area contributed by atoms with Gasteiger partial charge < -0.3 is 14.5 Å². The number of carbonyl (C=O) groups excluding carboxylic acids is 2. The number of methoxy groups -OCH3 is 1. The number of likely N-dealkylation sites (tertiary alicyclic amines) is 1. The number of aromatic nitrogens is 2. The fourth-order valence-corrected chi connectivity index (χ4v) is 5.54. The Labute approximate surface area is 186 Å². The van der Waals surface area contributed by atoms with E-state index in [9.17, 15) is 14.4 Å². The van der Waals surface area contributed by atoms with E-state index in [0.717, 1.165) is 31.4 Å². The van der Waals surface area contributed by atoms with Crippen molar-refractivity contribution in [3.05, 3.63) is 46.8 Å². The van der Waals surface area contributed by atoms with Gasteiger partial charge in [-0.05, 0) is 49.3 Å². The second kappa shape index (κ2) is 8.41. The summed E-state index contributed by atoms with van der Waals surface area (Å²) in [4.78, 5) is 41.8. The van der Waals surface area contributed by atoms with Gasteiger partial charge in [-0.2, -0.15) is 5.10 Å². The molecule has 2 aromatic rings. The molecule has 5 rings (SSSR count). The summed E-state index contributed by atoms with van der Waals surface area (Å²) in [6.07, 6.45) is 3.68. The summed E-state index contributed by atoms with van der Waals surface area (Å²) in [7, 11) is 1.60. The van der Waals surface area contributed by atoms with Crippen molar-refractivity contribution >= 4 is 11.8 Å². The number of rotatable bonds is 4. The molecule has 0 radical (unpaired) electrons. The summed E-state index contributed by atoms with van der Waals surface area (Å²) in [6, 6.07) is 10.8. The topological polar surface area (TPSA) is 84.7 Å². The molecular weight excluding hydrogens is 408 g/mol. The highest BCUT2D eigenvalue weighted by molar-refractivity contribution is 5.78. The summed E-state index contributed by atoms with van der Waals surface area (Å²) in [5.41, 5.74) is 1.13. The number of piperidine rings is 3. The second-order valence-corrected chi connectivity index (χ2v) is 9.11. The van der Waals surface area contributed by atoms with Crippen LogP contribution in [0.5, 0.6) is 5.75 Å². The highest BCUT2D eigenvalue weighted by Crippen LogP contribution is 2.38. The van der Waals surface area contributed by atoms with Gasteiger partial charge in [0.2, 0.25) is 11.8 Å². The Bertz CT molecular complexity index is 1100. The van der Waals surface area contributed by atoms with Crippen LogP contribution in [0.3, 0.4) is 0 Å². The molecule has 3 atom stereocenters. The first-order valence-electron chi connectivity index (χ1n) is 11.3. The first-order valence-corrected chi connectivity index (χ1v) is 11.3. The molecule has 1 aromatic carbocycles. The minimum Gasteiger partial charge on any atom is -0.497 e. The number of amides is 2. The third kappa shape index (κ3) is 3.89. The van der Waals surface area contributed by atoms with Gasteiger partial charge in [-0.15, -0.1) is 0 Å². The predicted octanol–water partition coefficient (Wildman–Crippen LogP) is 1.78. The van der Waals surface area contributed by atoms with E-state index in [0.29, 0.717) is 42.8 Å². The molecule has 1 aromatic heterocycles. The Morgan fingerprint density at radius 3 is 2.88 bits per heavy atom. The van der Waals surface area contributed by atoms with E-state index < -0.39 is 0 Å². The van der Waals surface area contributed by atoms with Crippen molar-refractivity contribution in [2.45, 2.75) is 38.3 Å². The van der Waals surface area contributed by atoms with Crippen LogP contribution in [0.1, 0.15) is 25.7 Å². The van der Waals surface area contributed by atoms with E-state index in [4.69, 9.17) is 4.74 Å². The van der Waals surface area contributed by atoms with Crippen molar-refractivity contribution < 1.29 is 14.3 Å². The van der Waals surface area contributed by atoms with Crippen LogP contribution in [0.2, 0.25) is 0 Å². The molecule has 8 nitrogen and oxygen atoms in total. The van der Waals surface area contributed by atoms with Crippen molar-refractivity contribution in [3.63, 3.8) is 0 Å². The first-order chi connectivity index (χ1) is 15.5. The van der Waals surface area contributed by atoms with E-state index in [1.54, 1.807) is 13.2 Å². The Morgan fingerprint density at radius 1 is 1.16 bits per heavy atom. The molecule has 0 spiro atoms. The zero-order valence-corrected chi connectivity index (χ0v) is 18.3. The molecule has 1 unspecified atom stereocenters. The largest absolute Gasteiger partial charge is 0.497 e. The van der Waals surface area contributed by atoms with Crippen LogP contribution in [-0.2, 0) is 16.1 Å². The van der Waals surface area contributed by atoms with Crippen molar-refractivity contribution in [2.75, 3.05) is 26.7 Å². The lowest BCUT2D eigenvalue weighted by atomic mass is 9.76. The van der Waals surface area contributed by atoms with Gasteiger partial charge in [0.1, 0.15) is 12.3 Å². The van der Waals surface area contributed by atoms with Crippen LogP contribution in [0.4, 0.5) is 0 Å². The Balaban J connectivity index is 1.32. The van der Waals surface area contributed by atoms with Gasteiger partial charge in [0.25, 0.3) is 5.56 Å². The number of ether oxygens (including phenoxy) is 1. The summed E-state index contributed by atoms with van der Waals surface area (Å²) in [5, 5.41) is 4.45. The molecule has 3 fully saturated rings. The SMILES string of the molecule is COc1cccc(-c2ccc(=O)n(CC(=O)N3C[C@@H]4C[C@@H](C3)C3CCCC(=O)N3C4)n2)c1. The molecule has 0 N–H and O–H groups in total. The summed E-state index contributed by atoms with van der Waals surface area (Å²) in [5.74, 6) is 1.51. The van der Waals surface area contributed by atoms with Gasteiger partial charge in [-0.3, -0.25) is 14.4 Å². The van der Waals surface area contributed by atoms with Crippen molar-refractivity contribution in [1.82, 2.24) is 19.6 Å². The minimum absolute atomic E-state index is 0.0800. The van der Waals surface area contributed by atoms with Crippen LogP contribution in [0.15, 0.2) is 41.2 Å². The highest BCUT2D eigenvalue weighted by Gasteiger charge is 2.44. The molecule has 3 aliphatic rings. The van der Waals surface area contributed by atoms with Gasteiger partial charge in [-0.25, -0.2) is 4.68 Å². The third-order valence-corrected chi connectivity index (χ3v) is 7.05. The minimum atomic E-state index is -0.300. The monoisotopic (exact) mass is 436 g/mol. The quantitative estimate of drug-likeness (QED) is 0.730. The van der Waals surface area contributed by atoms with Crippen molar-refractivity contribution in [1.29, 1.82) is 0 Å². The molecule has 32 heavy (non-hydrogen) atoms. The molecule has 0 aliphatic carbocycles. The molecule has 3 saturated heterocycles.